The molecule has 1 unspecified atom stereocenters. The fourth-order valence-electron chi connectivity index (χ4n) is 1.10. The number of hydrogen-bond donors (Lipinski definition) is 0. The molecule has 7 heteroatoms. The van der Waals surface area contributed by atoms with Crippen LogP contribution in [0.1, 0.15) is 31.1 Å². The summed E-state index contributed by atoms with van der Waals surface area (Å²) in [5, 5.41) is 10.8. The van der Waals surface area contributed by atoms with Crippen molar-refractivity contribution >= 4 is 23.3 Å². The van der Waals surface area contributed by atoms with Crippen LogP contribution in [0, 0.1) is 16.0 Å². The van der Waals surface area contributed by atoms with Crippen molar-refractivity contribution in [1.29, 1.82) is 0 Å². The Bertz CT molecular complexity index is 476. The Hall–Kier alpha value is -1.69. The maximum absolute atomic E-state index is 11.8. The van der Waals surface area contributed by atoms with Gasteiger partial charge in [0.1, 0.15) is 23.0 Å². The number of ether oxygens (including phenoxy) is 1. The molecule has 0 saturated carbocycles. The quantitative estimate of drug-likeness (QED) is 0.364. The molecule has 0 saturated heterocycles. The minimum atomic E-state index is -0.771. The SMILES string of the molecule is CC(C)C(C)OC(=O)c1cc(Cl)ncc1[N+](=O)[O-]. The van der Waals surface area contributed by atoms with Gasteiger partial charge in [0.05, 0.1) is 4.92 Å². The predicted molar refractivity (Wildman–Crippen MR) is 65.6 cm³/mol. The van der Waals surface area contributed by atoms with E-state index in [4.69, 9.17) is 16.3 Å². The van der Waals surface area contributed by atoms with Gasteiger partial charge < -0.3 is 4.74 Å². The Morgan fingerprint density at radius 3 is 2.61 bits per heavy atom. The van der Waals surface area contributed by atoms with Crippen molar-refractivity contribution in [2.75, 3.05) is 0 Å². The number of halogens is 1. The molecule has 0 spiro atoms. The van der Waals surface area contributed by atoms with E-state index >= 15 is 0 Å². The average Bonchev–Trinajstić information content (AvgIpc) is 2.28. The number of hydrogen-bond acceptors (Lipinski definition) is 5. The summed E-state index contributed by atoms with van der Waals surface area (Å²) in [6, 6.07) is 1.13. The molecule has 1 aromatic heterocycles. The summed E-state index contributed by atoms with van der Waals surface area (Å²) in [5.74, 6) is -0.655. The smallest absolute Gasteiger partial charge is 0.345 e. The molecule has 18 heavy (non-hydrogen) atoms. The molecule has 1 heterocycles. The van der Waals surface area contributed by atoms with E-state index in [0.29, 0.717) is 0 Å². The van der Waals surface area contributed by atoms with Gasteiger partial charge in [-0.3, -0.25) is 10.1 Å². The maximum atomic E-state index is 11.8. The van der Waals surface area contributed by atoms with Gasteiger partial charge in [0.15, 0.2) is 0 Å². The summed E-state index contributed by atoms with van der Waals surface area (Å²) >= 11 is 5.62. The highest BCUT2D eigenvalue weighted by atomic mass is 35.5. The molecule has 0 radical (unpaired) electrons. The van der Waals surface area contributed by atoms with Crippen LogP contribution in [0.15, 0.2) is 12.3 Å². The summed E-state index contributed by atoms with van der Waals surface area (Å²) < 4.78 is 5.11. The zero-order valence-electron chi connectivity index (χ0n) is 10.2. The number of esters is 1. The minimum Gasteiger partial charge on any atom is -0.459 e. The predicted octanol–water partition coefficient (Wildman–Crippen LogP) is 2.84. The van der Waals surface area contributed by atoms with Crippen LogP contribution < -0.4 is 0 Å². The van der Waals surface area contributed by atoms with Crippen LogP contribution in [-0.4, -0.2) is 22.0 Å². The monoisotopic (exact) mass is 272 g/mol. The summed E-state index contributed by atoms with van der Waals surface area (Å²) in [7, 11) is 0. The number of rotatable bonds is 4. The van der Waals surface area contributed by atoms with Crippen LogP contribution in [-0.2, 0) is 4.74 Å². The molecule has 0 bridgehead atoms. The largest absolute Gasteiger partial charge is 0.459 e. The molecule has 0 amide bonds. The Balaban J connectivity index is 3.04. The lowest BCUT2D eigenvalue weighted by atomic mass is 10.1. The third-order valence-electron chi connectivity index (χ3n) is 2.50. The van der Waals surface area contributed by atoms with Crippen molar-refractivity contribution < 1.29 is 14.5 Å². The molecular weight excluding hydrogens is 260 g/mol. The van der Waals surface area contributed by atoms with Crippen molar-refractivity contribution in [3.8, 4) is 0 Å². The van der Waals surface area contributed by atoms with Gasteiger partial charge in [0.2, 0.25) is 0 Å². The third kappa shape index (κ3) is 3.40. The highest BCUT2D eigenvalue weighted by Gasteiger charge is 2.24. The van der Waals surface area contributed by atoms with Crippen molar-refractivity contribution in [3.63, 3.8) is 0 Å². The summed E-state index contributed by atoms with van der Waals surface area (Å²) in [6.07, 6.45) is 0.600. The molecule has 0 aromatic carbocycles. The van der Waals surface area contributed by atoms with Crippen LogP contribution in [0.2, 0.25) is 5.15 Å². The zero-order valence-corrected chi connectivity index (χ0v) is 11.0. The molecule has 0 aliphatic rings. The third-order valence-corrected chi connectivity index (χ3v) is 2.70. The van der Waals surface area contributed by atoms with Gasteiger partial charge in [-0.05, 0) is 18.9 Å². The molecule has 0 N–H and O–H groups in total. The van der Waals surface area contributed by atoms with Crippen molar-refractivity contribution in [2.45, 2.75) is 26.9 Å². The second-order valence-corrected chi connectivity index (χ2v) is 4.52. The molecule has 6 nitrogen and oxygen atoms in total. The summed E-state index contributed by atoms with van der Waals surface area (Å²) in [5.41, 5.74) is -0.604. The molecule has 0 fully saturated rings. The van der Waals surface area contributed by atoms with Crippen molar-refractivity contribution in [3.05, 3.63) is 33.1 Å². The fraction of sp³-hybridized carbons (Fsp3) is 0.455. The lowest BCUT2D eigenvalue weighted by Gasteiger charge is -2.16. The van der Waals surface area contributed by atoms with E-state index in [2.05, 4.69) is 4.98 Å². The Morgan fingerprint density at radius 2 is 2.11 bits per heavy atom. The first-order valence-corrected chi connectivity index (χ1v) is 5.71. The van der Waals surface area contributed by atoms with Gasteiger partial charge in [0, 0.05) is 0 Å². The lowest BCUT2D eigenvalue weighted by molar-refractivity contribution is -0.385. The first kappa shape index (κ1) is 14.4. The van der Waals surface area contributed by atoms with Gasteiger partial charge in [-0.2, -0.15) is 0 Å². The topological polar surface area (TPSA) is 82.3 Å². The van der Waals surface area contributed by atoms with Crippen LogP contribution in [0.25, 0.3) is 0 Å². The first-order valence-electron chi connectivity index (χ1n) is 5.33. The standard InChI is InChI=1S/C11H13ClN2O4/c1-6(2)7(3)18-11(15)8-4-10(12)13-5-9(8)14(16)17/h4-7H,1-3H3. The summed E-state index contributed by atoms with van der Waals surface area (Å²) in [4.78, 5) is 25.5. The highest BCUT2D eigenvalue weighted by Crippen LogP contribution is 2.22. The molecule has 98 valence electrons. The van der Waals surface area contributed by atoms with Crippen molar-refractivity contribution in [2.24, 2.45) is 5.92 Å². The molecule has 1 rings (SSSR count). The van der Waals surface area contributed by atoms with E-state index in [1.54, 1.807) is 6.92 Å². The van der Waals surface area contributed by atoms with Gasteiger partial charge in [0.25, 0.3) is 0 Å². The highest BCUT2D eigenvalue weighted by molar-refractivity contribution is 6.29. The van der Waals surface area contributed by atoms with Crippen LogP contribution >= 0.6 is 11.6 Å². The molecule has 0 aliphatic carbocycles. The van der Waals surface area contributed by atoms with E-state index < -0.39 is 16.6 Å². The van der Waals surface area contributed by atoms with E-state index in [-0.39, 0.29) is 22.7 Å². The second-order valence-electron chi connectivity index (χ2n) is 4.14. The number of nitrogens with zero attached hydrogens (tertiary/aromatic N) is 2. The van der Waals surface area contributed by atoms with Gasteiger partial charge >= 0.3 is 11.7 Å². The minimum absolute atomic E-state index is 0.00440. The second kappa shape index (κ2) is 5.77. The number of carbonyl (C=O) groups excluding carboxylic acids is 1. The normalized spacial score (nSPS) is 12.3. The van der Waals surface area contributed by atoms with E-state index in [1.165, 1.54) is 0 Å². The maximum Gasteiger partial charge on any atom is 0.345 e. The van der Waals surface area contributed by atoms with Gasteiger partial charge in [-0.15, -0.1) is 0 Å². The number of pyridine rings is 1. The Kier molecular flexibility index (Phi) is 4.61. The van der Waals surface area contributed by atoms with Crippen LogP contribution in [0.3, 0.4) is 0 Å². The number of carbonyl (C=O) groups is 1. The average molecular weight is 273 g/mol. The van der Waals surface area contributed by atoms with Crippen molar-refractivity contribution in [1.82, 2.24) is 4.98 Å². The van der Waals surface area contributed by atoms with Crippen LogP contribution in [0.4, 0.5) is 5.69 Å². The van der Waals surface area contributed by atoms with Gasteiger partial charge in [-0.1, -0.05) is 25.4 Å². The van der Waals surface area contributed by atoms with E-state index in [0.717, 1.165) is 12.3 Å². The van der Waals surface area contributed by atoms with Crippen LogP contribution in [0.5, 0.6) is 0 Å². The molecule has 1 atom stereocenters. The number of nitro groups is 1. The van der Waals surface area contributed by atoms with E-state index in [1.807, 2.05) is 13.8 Å². The number of aromatic nitrogens is 1. The molecule has 0 aliphatic heterocycles. The Labute approximate surface area is 109 Å². The molecule has 1 aromatic rings. The van der Waals surface area contributed by atoms with Gasteiger partial charge in [-0.25, -0.2) is 9.78 Å². The molecular formula is C11H13ClN2O4. The lowest BCUT2D eigenvalue weighted by Crippen LogP contribution is -2.21. The fourth-order valence-corrected chi connectivity index (χ4v) is 1.26. The zero-order chi connectivity index (χ0) is 13.9. The van der Waals surface area contributed by atoms with E-state index in [9.17, 15) is 14.9 Å². The first-order chi connectivity index (χ1) is 8.32. The summed E-state index contributed by atoms with van der Waals surface area (Å²) in [6.45, 7) is 5.48. The Morgan fingerprint density at radius 1 is 1.50 bits per heavy atom.